The summed E-state index contributed by atoms with van der Waals surface area (Å²) in [6.07, 6.45) is -4.36. The number of aryl methyl sites for hydroxylation is 1. The van der Waals surface area contributed by atoms with Crippen LogP contribution in [0.4, 0.5) is 13.2 Å². The fourth-order valence-corrected chi connectivity index (χ4v) is 1.69. The van der Waals surface area contributed by atoms with E-state index in [0.717, 1.165) is 0 Å². The van der Waals surface area contributed by atoms with E-state index in [1.54, 1.807) is 13.8 Å². The van der Waals surface area contributed by atoms with E-state index >= 15 is 0 Å². The third kappa shape index (κ3) is 4.09. The number of rotatable bonds is 4. The Morgan fingerprint density at radius 3 is 2.56 bits per heavy atom. The molecular weight excluding hydrogens is 317 g/mol. The highest BCUT2D eigenvalue weighted by Gasteiger charge is 2.27. The smallest absolute Gasteiger partial charge is 0.370 e. The Bertz CT molecular complexity index is 485. The van der Waals surface area contributed by atoms with Gasteiger partial charge < -0.3 is 4.74 Å². The van der Waals surface area contributed by atoms with Gasteiger partial charge in [0.2, 0.25) is 0 Å². The first-order valence-corrected chi connectivity index (χ1v) is 5.89. The number of ether oxygens (including phenoxy) is 1. The topological polar surface area (TPSA) is 44.1 Å². The van der Waals surface area contributed by atoms with E-state index in [9.17, 15) is 18.0 Å². The van der Waals surface area contributed by atoms with Crippen molar-refractivity contribution in [1.82, 2.24) is 9.55 Å². The summed E-state index contributed by atoms with van der Waals surface area (Å²) in [5, 5.41) is 0. The van der Waals surface area contributed by atoms with Crippen molar-refractivity contribution in [3.63, 3.8) is 0 Å². The van der Waals surface area contributed by atoms with Crippen molar-refractivity contribution in [2.45, 2.75) is 26.6 Å². The Morgan fingerprint density at radius 2 is 2.00 bits per heavy atom. The molecule has 0 spiro atoms. The van der Waals surface area contributed by atoms with E-state index in [0.29, 0.717) is 15.9 Å². The van der Waals surface area contributed by atoms with E-state index in [1.807, 2.05) is 0 Å². The van der Waals surface area contributed by atoms with Crippen molar-refractivity contribution in [3.8, 4) is 0 Å². The lowest BCUT2D eigenvalue weighted by atomic mass is 10.3. The molecule has 0 amide bonds. The SMILES string of the molecule is Cc1nc(=O)n(CCOCC(F)(F)F)c(C)c1Br. The van der Waals surface area contributed by atoms with Gasteiger partial charge in [-0.05, 0) is 29.8 Å². The normalized spacial score (nSPS) is 11.9. The van der Waals surface area contributed by atoms with Crippen molar-refractivity contribution < 1.29 is 17.9 Å². The first-order chi connectivity index (χ1) is 8.22. The highest BCUT2D eigenvalue weighted by atomic mass is 79.9. The summed E-state index contributed by atoms with van der Waals surface area (Å²) in [5.41, 5.74) is 0.664. The Balaban J connectivity index is 2.69. The molecule has 1 aromatic rings. The van der Waals surface area contributed by atoms with Crippen LogP contribution in [-0.4, -0.2) is 28.9 Å². The van der Waals surface area contributed by atoms with E-state index in [2.05, 4.69) is 25.7 Å². The first kappa shape index (κ1) is 15.2. The van der Waals surface area contributed by atoms with Gasteiger partial charge in [-0.2, -0.15) is 18.2 Å². The lowest BCUT2D eigenvalue weighted by molar-refractivity contribution is -0.174. The Morgan fingerprint density at radius 1 is 1.39 bits per heavy atom. The molecule has 8 heteroatoms. The number of alkyl halides is 3. The van der Waals surface area contributed by atoms with Crippen LogP contribution in [0.2, 0.25) is 0 Å². The average Bonchev–Trinajstić information content (AvgIpc) is 2.23. The monoisotopic (exact) mass is 328 g/mol. The van der Waals surface area contributed by atoms with Crippen LogP contribution in [0.5, 0.6) is 0 Å². The largest absolute Gasteiger partial charge is 0.411 e. The number of aromatic nitrogens is 2. The molecule has 102 valence electrons. The highest BCUT2D eigenvalue weighted by molar-refractivity contribution is 9.10. The van der Waals surface area contributed by atoms with Gasteiger partial charge in [-0.3, -0.25) is 4.57 Å². The average molecular weight is 329 g/mol. The van der Waals surface area contributed by atoms with Crippen LogP contribution in [-0.2, 0) is 11.3 Å². The van der Waals surface area contributed by atoms with Gasteiger partial charge in [0.05, 0.1) is 23.3 Å². The number of nitrogens with zero attached hydrogens (tertiary/aromatic N) is 2. The summed E-state index contributed by atoms with van der Waals surface area (Å²) < 4.78 is 41.9. The molecule has 0 atom stereocenters. The first-order valence-electron chi connectivity index (χ1n) is 5.10. The van der Waals surface area contributed by atoms with Gasteiger partial charge in [0.25, 0.3) is 0 Å². The van der Waals surface area contributed by atoms with Gasteiger partial charge in [0, 0.05) is 5.69 Å². The molecule has 0 radical (unpaired) electrons. The van der Waals surface area contributed by atoms with Crippen molar-refractivity contribution >= 4 is 15.9 Å². The van der Waals surface area contributed by atoms with Crippen LogP contribution >= 0.6 is 15.9 Å². The van der Waals surface area contributed by atoms with Gasteiger partial charge in [0.15, 0.2) is 0 Å². The molecule has 0 bridgehead atoms. The summed E-state index contributed by atoms with van der Waals surface area (Å²) in [5.74, 6) is 0. The van der Waals surface area contributed by atoms with Crippen molar-refractivity contribution in [3.05, 3.63) is 26.3 Å². The second kappa shape index (κ2) is 5.83. The van der Waals surface area contributed by atoms with Crippen molar-refractivity contribution in [2.24, 2.45) is 0 Å². The third-order valence-electron chi connectivity index (χ3n) is 2.26. The van der Waals surface area contributed by atoms with Gasteiger partial charge in [0.1, 0.15) is 6.61 Å². The number of halogens is 4. The number of hydrogen-bond donors (Lipinski definition) is 0. The van der Waals surface area contributed by atoms with Gasteiger partial charge >= 0.3 is 11.9 Å². The molecule has 18 heavy (non-hydrogen) atoms. The number of hydrogen-bond acceptors (Lipinski definition) is 3. The Hall–Kier alpha value is -0.890. The molecule has 0 aliphatic carbocycles. The molecule has 1 aromatic heterocycles. The molecule has 0 saturated heterocycles. The van der Waals surface area contributed by atoms with Gasteiger partial charge in [-0.1, -0.05) is 0 Å². The summed E-state index contributed by atoms with van der Waals surface area (Å²) >= 11 is 3.26. The third-order valence-corrected chi connectivity index (χ3v) is 3.41. The maximum absolute atomic E-state index is 11.8. The predicted octanol–water partition coefficient (Wildman–Crippen LogP) is 2.20. The Kier molecular flexibility index (Phi) is 4.92. The van der Waals surface area contributed by atoms with E-state index in [1.165, 1.54) is 4.57 Å². The minimum atomic E-state index is -4.36. The zero-order valence-corrected chi connectivity index (χ0v) is 11.4. The van der Waals surface area contributed by atoms with Crippen LogP contribution < -0.4 is 5.69 Å². The molecule has 0 aliphatic rings. The highest BCUT2D eigenvalue weighted by Crippen LogP contribution is 2.17. The lowest BCUT2D eigenvalue weighted by Crippen LogP contribution is -2.29. The fraction of sp³-hybridized carbons (Fsp3) is 0.600. The minimum absolute atomic E-state index is 0.0344. The summed E-state index contributed by atoms with van der Waals surface area (Å²) in [6.45, 7) is 1.87. The van der Waals surface area contributed by atoms with Crippen molar-refractivity contribution in [2.75, 3.05) is 13.2 Å². The quantitative estimate of drug-likeness (QED) is 0.796. The molecule has 0 aromatic carbocycles. The second-order valence-corrected chi connectivity index (χ2v) is 4.49. The molecule has 1 rings (SSSR count). The minimum Gasteiger partial charge on any atom is -0.370 e. The Labute approximate surface area is 110 Å². The van der Waals surface area contributed by atoms with E-state index in [-0.39, 0.29) is 13.2 Å². The fourth-order valence-electron chi connectivity index (χ4n) is 1.38. The van der Waals surface area contributed by atoms with E-state index < -0.39 is 18.5 Å². The molecule has 0 N–H and O–H groups in total. The molecule has 4 nitrogen and oxygen atoms in total. The summed E-state index contributed by atoms with van der Waals surface area (Å²) in [7, 11) is 0. The maximum Gasteiger partial charge on any atom is 0.411 e. The van der Waals surface area contributed by atoms with Crippen LogP contribution in [0.1, 0.15) is 11.4 Å². The zero-order chi connectivity index (χ0) is 13.9. The van der Waals surface area contributed by atoms with Crippen LogP contribution in [0.3, 0.4) is 0 Å². The molecule has 0 aliphatic heterocycles. The zero-order valence-electron chi connectivity index (χ0n) is 9.84. The molecular formula is C10H12BrF3N2O2. The molecule has 0 unspecified atom stereocenters. The lowest BCUT2D eigenvalue weighted by Gasteiger charge is -2.12. The van der Waals surface area contributed by atoms with Crippen LogP contribution in [0.25, 0.3) is 0 Å². The van der Waals surface area contributed by atoms with Gasteiger partial charge in [-0.15, -0.1) is 0 Å². The summed E-state index contributed by atoms with van der Waals surface area (Å²) in [6, 6.07) is 0. The van der Waals surface area contributed by atoms with Crippen LogP contribution in [0.15, 0.2) is 9.27 Å². The summed E-state index contributed by atoms with van der Waals surface area (Å²) in [4.78, 5) is 15.3. The van der Waals surface area contributed by atoms with Crippen LogP contribution in [0, 0.1) is 13.8 Å². The van der Waals surface area contributed by atoms with Crippen molar-refractivity contribution in [1.29, 1.82) is 0 Å². The maximum atomic E-state index is 11.8. The molecule has 0 fully saturated rings. The molecule has 0 saturated carbocycles. The molecule has 1 heterocycles. The van der Waals surface area contributed by atoms with E-state index in [4.69, 9.17) is 0 Å². The predicted molar refractivity (Wildman–Crippen MR) is 62.5 cm³/mol. The van der Waals surface area contributed by atoms with Gasteiger partial charge in [-0.25, -0.2) is 4.79 Å². The standard InChI is InChI=1S/C10H12BrF3N2O2/c1-6-8(11)7(2)16(9(17)15-6)3-4-18-5-10(12,13)14/h3-5H2,1-2H3. The second-order valence-electron chi connectivity index (χ2n) is 3.70.